The van der Waals surface area contributed by atoms with Crippen molar-refractivity contribution in [3.8, 4) is 0 Å². The first-order valence-electron chi connectivity index (χ1n) is 3.78. The third-order valence-corrected chi connectivity index (χ3v) is 1.66. The van der Waals surface area contributed by atoms with Gasteiger partial charge in [-0.05, 0) is 25.1 Å². The molecule has 0 saturated carbocycles. The van der Waals surface area contributed by atoms with E-state index in [4.69, 9.17) is 18.2 Å². The molecule has 1 rings (SSSR count). The zero-order valence-electron chi connectivity index (χ0n) is 7.21. The molecule has 1 aromatic rings. The standard InChI is InChI=1S/C10H9ClN2/c1-8(7-12-2)13-10-5-3-4-9(11)6-10/h3-7,13H,1H3/b8-7+. The van der Waals surface area contributed by atoms with Crippen molar-refractivity contribution in [2.75, 3.05) is 5.32 Å². The molecule has 1 N–H and O–H groups in total. The lowest BCUT2D eigenvalue weighted by atomic mass is 10.3. The first-order valence-corrected chi connectivity index (χ1v) is 4.16. The van der Waals surface area contributed by atoms with E-state index in [0.29, 0.717) is 5.02 Å². The van der Waals surface area contributed by atoms with Crippen molar-refractivity contribution in [3.63, 3.8) is 0 Å². The Hall–Kier alpha value is -1.46. The average Bonchev–Trinajstić information content (AvgIpc) is 2.04. The molecule has 66 valence electrons. The monoisotopic (exact) mass is 192 g/mol. The minimum absolute atomic E-state index is 0.681. The van der Waals surface area contributed by atoms with Gasteiger partial charge < -0.3 is 5.32 Å². The number of anilines is 1. The molecule has 0 amide bonds. The highest BCUT2D eigenvalue weighted by atomic mass is 35.5. The summed E-state index contributed by atoms with van der Waals surface area (Å²) in [5.41, 5.74) is 1.70. The summed E-state index contributed by atoms with van der Waals surface area (Å²) in [4.78, 5) is 3.15. The maximum atomic E-state index is 6.62. The topological polar surface area (TPSA) is 16.4 Å². The fourth-order valence-electron chi connectivity index (χ4n) is 0.923. The number of hydrogen-bond donors (Lipinski definition) is 1. The molecular formula is C10H9ClN2. The van der Waals surface area contributed by atoms with Crippen LogP contribution in [0.15, 0.2) is 36.2 Å². The van der Waals surface area contributed by atoms with Gasteiger partial charge in [-0.2, -0.15) is 0 Å². The molecule has 0 atom stereocenters. The molecular weight excluding hydrogens is 184 g/mol. The Balaban J connectivity index is 2.76. The third kappa shape index (κ3) is 3.18. The van der Waals surface area contributed by atoms with Gasteiger partial charge in [0.05, 0.1) is 6.57 Å². The molecule has 0 aliphatic rings. The zero-order chi connectivity index (χ0) is 9.68. The summed E-state index contributed by atoms with van der Waals surface area (Å²) in [5, 5.41) is 3.73. The lowest BCUT2D eigenvalue weighted by Gasteiger charge is -2.05. The Labute approximate surface area is 82.7 Å². The smallest absolute Gasteiger partial charge is 0.172 e. The van der Waals surface area contributed by atoms with Crippen LogP contribution in [-0.4, -0.2) is 0 Å². The van der Waals surface area contributed by atoms with Gasteiger partial charge in [0.15, 0.2) is 6.20 Å². The molecule has 0 saturated heterocycles. The Morgan fingerprint density at radius 2 is 2.38 bits per heavy atom. The minimum atomic E-state index is 0.681. The highest BCUT2D eigenvalue weighted by Crippen LogP contribution is 2.16. The normalized spacial score (nSPS) is 10.7. The van der Waals surface area contributed by atoms with Crippen molar-refractivity contribution in [1.29, 1.82) is 0 Å². The molecule has 0 spiro atoms. The summed E-state index contributed by atoms with van der Waals surface area (Å²) in [7, 11) is 0. The van der Waals surface area contributed by atoms with Crippen LogP contribution in [-0.2, 0) is 0 Å². The Morgan fingerprint density at radius 1 is 1.62 bits per heavy atom. The number of allylic oxidation sites excluding steroid dienone is 1. The Bertz CT molecular complexity index is 363. The molecule has 0 bridgehead atoms. The summed E-state index contributed by atoms with van der Waals surface area (Å²) in [6, 6.07) is 7.37. The summed E-state index contributed by atoms with van der Waals surface area (Å²) < 4.78 is 0. The predicted molar refractivity (Wildman–Crippen MR) is 55.4 cm³/mol. The lowest BCUT2D eigenvalue weighted by molar-refractivity contribution is 1.37. The van der Waals surface area contributed by atoms with E-state index in [1.165, 1.54) is 6.20 Å². The van der Waals surface area contributed by atoms with E-state index in [1.54, 1.807) is 6.07 Å². The van der Waals surface area contributed by atoms with Gasteiger partial charge >= 0.3 is 0 Å². The van der Waals surface area contributed by atoms with Gasteiger partial charge in [0, 0.05) is 16.4 Å². The maximum Gasteiger partial charge on any atom is 0.172 e. The van der Waals surface area contributed by atoms with Gasteiger partial charge in [0.1, 0.15) is 0 Å². The maximum absolute atomic E-state index is 6.62. The summed E-state index contributed by atoms with van der Waals surface area (Å²) in [6.07, 6.45) is 1.43. The van der Waals surface area contributed by atoms with Crippen molar-refractivity contribution in [3.05, 3.63) is 52.6 Å². The molecule has 0 unspecified atom stereocenters. The zero-order valence-corrected chi connectivity index (χ0v) is 7.97. The molecule has 3 heteroatoms. The number of halogens is 1. The van der Waals surface area contributed by atoms with Crippen molar-refractivity contribution in [1.82, 2.24) is 0 Å². The van der Waals surface area contributed by atoms with E-state index in [0.717, 1.165) is 11.4 Å². The van der Waals surface area contributed by atoms with E-state index >= 15 is 0 Å². The number of hydrogen-bond acceptors (Lipinski definition) is 1. The molecule has 0 aromatic heterocycles. The Morgan fingerprint density at radius 3 is 3.00 bits per heavy atom. The van der Waals surface area contributed by atoms with Gasteiger partial charge in [-0.3, -0.25) is 0 Å². The molecule has 1 aromatic carbocycles. The molecule has 0 heterocycles. The lowest BCUT2D eigenvalue weighted by Crippen LogP contribution is -1.93. The molecule has 0 aliphatic carbocycles. The van der Waals surface area contributed by atoms with Crippen LogP contribution in [0, 0.1) is 6.57 Å². The third-order valence-electron chi connectivity index (χ3n) is 1.42. The van der Waals surface area contributed by atoms with Crippen molar-refractivity contribution < 1.29 is 0 Å². The Kier molecular flexibility index (Phi) is 3.36. The molecule has 2 nitrogen and oxygen atoms in total. The fraction of sp³-hybridized carbons (Fsp3) is 0.100. The van der Waals surface area contributed by atoms with Gasteiger partial charge in [-0.25, -0.2) is 4.85 Å². The van der Waals surface area contributed by atoms with E-state index in [-0.39, 0.29) is 0 Å². The first-order chi connectivity index (χ1) is 6.22. The molecule has 0 aliphatic heterocycles. The number of nitrogens with zero attached hydrogens (tertiary/aromatic N) is 1. The van der Waals surface area contributed by atoms with Crippen LogP contribution in [0.3, 0.4) is 0 Å². The van der Waals surface area contributed by atoms with Gasteiger partial charge in [-0.1, -0.05) is 17.7 Å². The van der Waals surface area contributed by atoms with Crippen LogP contribution in [0.2, 0.25) is 5.02 Å². The molecule has 13 heavy (non-hydrogen) atoms. The van der Waals surface area contributed by atoms with Crippen LogP contribution in [0.4, 0.5) is 5.69 Å². The molecule has 0 fully saturated rings. The van der Waals surface area contributed by atoms with Crippen LogP contribution in [0.1, 0.15) is 6.92 Å². The predicted octanol–water partition coefficient (Wildman–Crippen LogP) is 3.53. The average molecular weight is 193 g/mol. The number of benzene rings is 1. The summed E-state index contributed by atoms with van der Waals surface area (Å²) >= 11 is 5.79. The SMILES string of the molecule is [C-]#[N+]/C=C(\C)Nc1cccc(Cl)c1. The van der Waals surface area contributed by atoms with E-state index in [1.807, 2.05) is 25.1 Å². The second-order valence-corrected chi connectivity index (χ2v) is 3.01. The highest BCUT2D eigenvalue weighted by Gasteiger charge is 1.92. The van der Waals surface area contributed by atoms with Crippen LogP contribution in [0.5, 0.6) is 0 Å². The van der Waals surface area contributed by atoms with E-state index in [9.17, 15) is 0 Å². The van der Waals surface area contributed by atoms with Crippen LogP contribution in [0.25, 0.3) is 4.85 Å². The van der Waals surface area contributed by atoms with Gasteiger partial charge in [0.25, 0.3) is 0 Å². The summed E-state index contributed by atoms with van der Waals surface area (Å²) in [6.45, 7) is 8.46. The highest BCUT2D eigenvalue weighted by molar-refractivity contribution is 6.30. The van der Waals surface area contributed by atoms with Gasteiger partial charge in [-0.15, -0.1) is 0 Å². The minimum Gasteiger partial charge on any atom is -0.369 e. The molecule has 0 radical (unpaired) electrons. The van der Waals surface area contributed by atoms with Crippen molar-refractivity contribution in [2.45, 2.75) is 6.92 Å². The number of rotatable bonds is 2. The van der Waals surface area contributed by atoms with Crippen molar-refractivity contribution in [2.24, 2.45) is 0 Å². The van der Waals surface area contributed by atoms with E-state index < -0.39 is 0 Å². The first kappa shape index (κ1) is 9.63. The summed E-state index contributed by atoms with van der Waals surface area (Å²) in [5.74, 6) is 0. The quantitative estimate of drug-likeness (QED) is 0.710. The van der Waals surface area contributed by atoms with Crippen LogP contribution < -0.4 is 5.32 Å². The second kappa shape index (κ2) is 4.54. The number of nitrogens with one attached hydrogen (secondary N) is 1. The largest absolute Gasteiger partial charge is 0.369 e. The van der Waals surface area contributed by atoms with E-state index in [2.05, 4.69) is 10.2 Å². The fourth-order valence-corrected chi connectivity index (χ4v) is 1.11. The van der Waals surface area contributed by atoms with Gasteiger partial charge in [0.2, 0.25) is 0 Å². The van der Waals surface area contributed by atoms with Crippen molar-refractivity contribution >= 4 is 17.3 Å². The van der Waals surface area contributed by atoms with Crippen LogP contribution >= 0.6 is 11.6 Å². The second-order valence-electron chi connectivity index (χ2n) is 2.58.